The van der Waals surface area contributed by atoms with Crippen LogP contribution in [0, 0.1) is 0 Å². The highest BCUT2D eigenvalue weighted by molar-refractivity contribution is 5.95. The van der Waals surface area contributed by atoms with Gasteiger partial charge in [-0.15, -0.1) is 0 Å². The van der Waals surface area contributed by atoms with Gasteiger partial charge >= 0.3 is 0 Å². The summed E-state index contributed by atoms with van der Waals surface area (Å²) in [6.07, 6.45) is 1.53. The van der Waals surface area contributed by atoms with Crippen molar-refractivity contribution in [2.75, 3.05) is 24.7 Å². The third-order valence-electron chi connectivity index (χ3n) is 3.95. The minimum Gasteiger partial charge on any atom is -0.491 e. The standard InChI is InChI=1S/C17H20N2O4/c1-12-16(23-10-9-22-12)17(21)18-11-13-4-6-14(7-5-13)19-8-2-3-15(19)20/h4-7H,2-3,8-11H2,1H3,(H,18,21). The van der Waals surface area contributed by atoms with Gasteiger partial charge in [0.1, 0.15) is 19.0 Å². The minimum absolute atomic E-state index is 0.169. The highest BCUT2D eigenvalue weighted by Crippen LogP contribution is 2.21. The number of hydrogen-bond acceptors (Lipinski definition) is 4. The van der Waals surface area contributed by atoms with Crippen molar-refractivity contribution in [3.05, 3.63) is 41.3 Å². The van der Waals surface area contributed by atoms with E-state index < -0.39 is 0 Å². The minimum atomic E-state index is -0.277. The van der Waals surface area contributed by atoms with Crippen LogP contribution in [-0.4, -0.2) is 31.6 Å². The summed E-state index contributed by atoms with van der Waals surface area (Å²) < 4.78 is 10.6. The molecule has 0 unspecified atom stereocenters. The molecule has 0 radical (unpaired) electrons. The van der Waals surface area contributed by atoms with E-state index in [1.165, 1.54) is 0 Å². The summed E-state index contributed by atoms with van der Waals surface area (Å²) in [5, 5.41) is 2.81. The molecule has 6 nitrogen and oxygen atoms in total. The summed E-state index contributed by atoms with van der Waals surface area (Å²) >= 11 is 0. The first kappa shape index (κ1) is 15.4. The number of nitrogens with zero attached hydrogens (tertiary/aromatic N) is 1. The Bertz CT molecular complexity index is 636. The fourth-order valence-corrected chi connectivity index (χ4v) is 2.71. The monoisotopic (exact) mass is 316 g/mol. The van der Waals surface area contributed by atoms with E-state index in [4.69, 9.17) is 9.47 Å². The van der Waals surface area contributed by atoms with Crippen molar-refractivity contribution in [2.45, 2.75) is 26.3 Å². The number of carbonyl (C=O) groups excluding carboxylic acids is 2. The Morgan fingerprint density at radius 3 is 2.61 bits per heavy atom. The van der Waals surface area contributed by atoms with Crippen LogP contribution in [0.1, 0.15) is 25.3 Å². The number of ether oxygens (including phenoxy) is 2. The first-order valence-electron chi connectivity index (χ1n) is 7.79. The molecule has 1 aromatic rings. The smallest absolute Gasteiger partial charge is 0.290 e. The van der Waals surface area contributed by atoms with Crippen molar-refractivity contribution in [1.82, 2.24) is 5.32 Å². The molecule has 2 aliphatic rings. The van der Waals surface area contributed by atoms with Gasteiger partial charge in [0, 0.05) is 25.2 Å². The maximum Gasteiger partial charge on any atom is 0.290 e. The Balaban J connectivity index is 1.58. The van der Waals surface area contributed by atoms with E-state index in [0.717, 1.165) is 24.2 Å². The van der Waals surface area contributed by atoms with Crippen molar-refractivity contribution in [3.63, 3.8) is 0 Å². The van der Waals surface area contributed by atoms with Gasteiger partial charge in [0.15, 0.2) is 0 Å². The van der Waals surface area contributed by atoms with Crippen LogP contribution in [0.5, 0.6) is 0 Å². The second-order valence-corrected chi connectivity index (χ2v) is 5.58. The molecule has 2 aliphatic heterocycles. The molecule has 0 saturated carbocycles. The fourth-order valence-electron chi connectivity index (χ4n) is 2.71. The molecule has 0 spiro atoms. The maximum absolute atomic E-state index is 12.1. The molecule has 1 saturated heterocycles. The van der Waals surface area contributed by atoms with Gasteiger partial charge in [0.05, 0.1) is 0 Å². The number of allylic oxidation sites excluding steroid dienone is 1. The highest BCUT2D eigenvalue weighted by Gasteiger charge is 2.22. The molecule has 0 aliphatic carbocycles. The Kier molecular flexibility index (Phi) is 4.50. The number of benzene rings is 1. The molecule has 2 amide bonds. The highest BCUT2D eigenvalue weighted by atomic mass is 16.6. The Hall–Kier alpha value is -2.50. The number of amides is 2. The van der Waals surface area contributed by atoms with E-state index in [9.17, 15) is 9.59 Å². The van der Waals surface area contributed by atoms with E-state index >= 15 is 0 Å². The van der Waals surface area contributed by atoms with Gasteiger partial charge in [-0.05, 0) is 31.0 Å². The number of rotatable bonds is 4. The summed E-state index contributed by atoms with van der Waals surface area (Å²) in [5.41, 5.74) is 1.87. The van der Waals surface area contributed by atoms with Gasteiger partial charge in [-0.1, -0.05) is 12.1 Å². The second kappa shape index (κ2) is 6.73. The van der Waals surface area contributed by atoms with Crippen molar-refractivity contribution in [2.24, 2.45) is 0 Å². The zero-order valence-corrected chi connectivity index (χ0v) is 13.1. The molecule has 0 atom stereocenters. The van der Waals surface area contributed by atoms with E-state index in [0.29, 0.717) is 31.9 Å². The number of carbonyl (C=O) groups is 2. The number of anilines is 1. The van der Waals surface area contributed by atoms with Gasteiger partial charge in [-0.2, -0.15) is 0 Å². The largest absolute Gasteiger partial charge is 0.491 e. The summed E-state index contributed by atoms with van der Waals surface area (Å²) in [6.45, 7) is 3.75. The van der Waals surface area contributed by atoms with Gasteiger partial charge < -0.3 is 19.7 Å². The van der Waals surface area contributed by atoms with Crippen LogP contribution >= 0.6 is 0 Å². The van der Waals surface area contributed by atoms with Crippen LogP contribution < -0.4 is 10.2 Å². The molecular weight excluding hydrogens is 296 g/mol. The lowest BCUT2D eigenvalue weighted by Gasteiger charge is -2.19. The molecular formula is C17H20N2O4. The van der Waals surface area contributed by atoms with E-state index in [1.54, 1.807) is 11.8 Å². The summed E-state index contributed by atoms with van der Waals surface area (Å²) in [4.78, 5) is 25.6. The lowest BCUT2D eigenvalue weighted by Crippen LogP contribution is -2.29. The summed E-state index contributed by atoms with van der Waals surface area (Å²) in [6, 6.07) is 7.66. The topological polar surface area (TPSA) is 67.9 Å². The lowest BCUT2D eigenvalue weighted by atomic mass is 10.2. The third-order valence-corrected chi connectivity index (χ3v) is 3.95. The van der Waals surface area contributed by atoms with Crippen molar-refractivity contribution in [3.8, 4) is 0 Å². The Morgan fingerprint density at radius 2 is 1.96 bits per heavy atom. The lowest BCUT2D eigenvalue weighted by molar-refractivity contribution is -0.123. The molecule has 3 rings (SSSR count). The van der Waals surface area contributed by atoms with Crippen LogP contribution in [0.25, 0.3) is 0 Å². The second-order valence-electron chi connectivity index (χ2n) is 5.58. The molecule has 1 N–H and O–H groups in total. The molecule has 0 aromatic heterocycles. The van der Waals surface area contributed by atoms with E-state index in [-0.39, 0.29) is 17.6 Å². The predicted molar refractivity (Wildman–Crippen MR) is 84.5 cm³/mol. The average Bonchev–Trinajstić information content (AvgIpc) is 2.99. The van der Waals surface area contributed by atoms with Gasteiger partial charge in [-0.3, -0.25) is 9.59 Å². The predicted octanol–water partition coefficient (Wildman–Crippen LogP) is 1.71. The van der Waals surface area contributed by atoms with Crippen LogP contribution in [0.2, 0.25) is 0 Å². The maximum atomic E-state index is 12.1. The molecule has 0 bridgehead atoms. The van der Waals surface area contributed by atoms with E-state index in [1.807, 2.05) is 24.3 Å². The zero-order valence-electron chi connectivity index (χ0n) is 13.1. The number of nitrogens with one attached hydrogen (secondary N) is 1. The first-order valence-corrected chi connectivity index (χ1v) is 7.79. The molecule has 23 heavy (non-hydrogen) atoms. The van der Waals surface area contributed by atoms with Gasteiger partial charge in [0.2, 0.25) is 11.7 Å². The third kappa shape index (κ3) is 3.47. The molecule has 122 valence electrons. The van der Waals surface area contributed by atoms with Crippen molar-refractivity contribution in [1.29, 1.82) is 0 Å². The van der Waals surface area contributed by atoms with Crippen molar-refractivity contribution >= 4 is 17.5 Å². The van der Waals surface area contributed by atoms with Gasteiger partial charge in [0.25, 0.3) is 5.91 Å². The van der Waals surface area contributed by atoms with Gasteiger partial charge in [-0.25, -0.2) is 0 Å². The Morgan fingerprint density at radius 1 is 1.22 bits per heavy atom. The normalized spacial score (nSPS) is 17.8. The molecule has 2 heterocycles. The van der Waals surface area contributed by atoms with E-state index in [2.05, 4.69) is 5.32 Å². The molecule has 6 heteroatoms. The molecule has 1 aromatic carbocycles. The Labute approximate surface area is 135 Å². The van der Waals surface area contributed by atoms with Crippen LogP contribution in [0.4, 0.5) is 5.69 Å². The zero-order chi connectivity index (χ0) is 16.2. The summed E-state index contributed by atoms with van der Waals surface area (Å²) in [5.74, 6) is 0.649. The van der Waals surface area contributed by atoms with Crippen LogP contribution in [-0.2, 0) is 25.6 Å². The summed E-state index contributed by atoms with van der Waals surface area (Å²) in [7, 11) is 0. The van der Waals surface area contributed by atoms with Crippen LogP contribution in [0.3, 0.4) is 0 Å². The van der Waals surface area contributed by atoms with Crippen molar-refractivity contribution < 1.29 is 19.1 Å². The first-order chi connectivity index (χ1) is 11.1. The molecule has 1 fully saturated rings. The van der Waals surface area contributed by atoms with Crippen LogP contribution in [0.15, 0.2) is 35.8 Å². The fraction of sp³-hybridized carbons (Fsp3) is 0.412. The quantitative estimate of drug-likeness (QED) is 0.918. The number of hydrogen-bond donors (Lipinski definition) is 1. The SMILES string of the molecule is CC1=C(C(=O)NCc2ccc(N3CCCC3=O)cc2)OCCO1. The average molecular weight is 316 g/mol.